The molecule has 0 saturated carbocycles. The van der Waals surface area contributed by atoms with Crippen LogP contribution in [0.1, 0.15) is 21.7 Å². The van der Waals surface area contributed by atoms with Crippen LogP contribution in [0.2, 0.25) is 5.02 Å². The molecule has 0 unspecified atom stereocenters. The lowest BCUT2D eigenvalue weighted by Crippen LogP contribution is -2.48. The van der Waals surface area contributed by atoms with Crippen molar-refractivity contribution in [2.75, 3.05) is 26.2 Å². The lowest BCUT2D eigenvalue weighted by atomic mass is 10.2. The fraction of sp³-hybridized carbons (Fsp3) is 0.261. The molecule has 3 aromatic heterocycles. The summed E-state index contributed by atoms with van der Waals surface area (Å²) in [5.41, 5.74) is -0.490. The third-order valence-corrected chi connectivity index (χ3v) is 7.02. The summed E-state index contributed by atoms with van der Waals surface area (Å²) < 4.78 is 55.2. The van der Waals surface area contributed by atoms with E-state index in [9.17, 15) is 22.4 Å². The van der Waals surface area contributed by atoms with Gasteiger partial charge in [0.05, 0.1) is 10.6 Å². The molecule has 1 aliphatic rings. The first-order chi connectivity index (χ1) is 16.7. The highest BCUT2D eigenvalue weighted by molar-refractivity contribution is 7.13. The summed E-state index contributed by atoms with van der Waals surface area (Å²) in [5, 5.41) is 5.45. The van der Waals surface area contributed by atoms with E-state index in [0.29, 0.717) is 42.1 Å². The maximum atomic E-state index is 13.8. The number of benzene rings is 1. The third kappa shape index (κ3) is 4.75. The third-order valence-electron chi connectivity index (χ3n) is 5.78. The number of aromatic nitrogens is 3. The summed E-state index contributed by atoms with van der Waals surface area (Å²) in [6.45, 7) is 2.39. The van der Waals surface area contributed by atoms with Crippen LogP contribution in [0.15, 0.2) is 47.8 Å². The van der Waals surface area contributed by atoms with E-state index < -0.39 is 17.8 Å². The zero-order valence-electron chi connectivity index (χ0n) is 18.1. The average Bonchev–Trinajstić information content (AvgIpc) is 3.48. The molecule has 0 bridgehead atoms. The monoisotopic (exact) mass is 523 g/mol. The minimum Gasteiger partial charge on any atom is -0.335 e. The van der Waals surface area contributed by atoms with E-state index in [1.54, 1.807) is 29.6 Å². The van der Waals surface area contributed by atoms with Crippen molar-refractivity contribution < 1.29 is 22.4 Å². The van der Waals surface area contributed by atoms with Crippen molar-refractivity contribution in [1.82, 2.24) is 24.4 Å². The number of rotatable bonds is 4. The van der Waals surface area contributed by atoms with Gasteiger partial charge in [-0.3, -0.25) is 9.69 Å². The molecular weight excluding hydrogens is 506 g/mol. The predicted octanol–water partition coefficient (Wildman–Crippen LogP) is 5.23. The maximum Gasteiger partial charge on any atom is 0.433 e. The Morgan fingerprint density at radius 1 is 1.09 bits per heavy atom. The summed E-state index contributed by atoms with van der Waals surface area (Å²) in [6, 6.07) is 10.5. The molecule has 1 saturated heterocycles. The zero-order valence-corrected chi connectivity index (χ0v) is 19.7. The largest absolute Gasteiger partial charge is 0.433 e. The number of fused-ring (bicyclic) bond motifs is 1. The van der Waals surface area contributed by atoms with Crippen LogP contribution in [0.5, 0.6) is 0 Å². The van der Waals surface area contributed by atoms with Gasteiger partial charge in [-0.1, -0.05) is 29.8 Å². The van der Waals surface area contributed by atoms with Gasteiger partial charge in [-0.2, -0.15) is 18.3 Å². The Balaban J connectivity index is 1.39. The molecule has 0 atom stereocenters. The topological polar surface area (TPSA) is 53.7 Å². The highest BCUT2D eigenvalue weighted by Crippen LogP contribution is 2.35. The smallest absolute Gasteiger partial charge is 0.335 e. The van der Waals surface area contributed by atoms with Crippen molar-refractivity contribution in [3.05, 3.63) is 75.6 Å². The molecule has 6 nitrogen and oxygen atoms in total. The Morgan fingerprint density at radius 2 is 1.80 bits per heavy atom. The molecular formula is C23H18ClF4N5OS. The first-order valence-corrected chi connectivity index (χ1v) is 11.9. The van der Waals surface area contributed by atoms with Gasteiger partial charge < -0.3 is 4.90 Å². The normalized spacial score (nSPS) is 15.2. The van der Waals surface area contributed by atoms with Crippen LogP contribution in [-0.4, -0.2) is 56.5 Å². The van der Waals surface area contributed by atoms with Gasteiger partial charge in [-0.25, -0.2) is 13.9 Å². The molecule has 1 fully saturated rings. The number of carbonyl (C=O) groups is 1. The fourth-order valence-corrected chi connectivity index (χ4v) is 4.91. The molecule has 35 heavy (non-hydrogen) atoms. The molecule has 1 aromatic carbocycles. The highest BCUT2D eigenvalue weighted by Gasteiger charge is 2.37. The summed E-state index contributed by atoms with van der Waals surface area (Å²) in [6.07, 6.45) is -4.73. The van der Waals surface area contributed by atoms with Crippen LogP contribution in [0, 0.1) is 5.82 Å². The molecule has 4 heterocycles. The van der Waals surface area contributed by atoms with Gasteiger partial charge >= 0.3 is 6.18 Å². The van der Waals surface area contributed by atoms with Gasteiger partial charge in [0.1, 0.15) is 10.8 Å². The van der Waals surface area contributed by atoms with Crippen LogP contribution in [0.25, 0.3) is 16.2 Å². The number of carbonyl (C=O) groups excluding carboxylic acids is 1. The molecule has 5 rings (SSSR count). The molecule has 0 aliphatic carbocycles. The van der Waals surface area contributed by atoms with Crippen molar-refractivity contribution in [1.29, 1.82) is 0 Å². The van der Waals surface area contributed by atoms with Crippen molar-refractivity contribution in [2.45, 2.75) is 12.7 Å². The molecule has 0 N–H and O–H groups in total. The van der Waals surface area contributed by atoms with Gasteiger partial charge in [0.25, 0.3) is 5.91 Å². The minimum absolute atomic E-state index is 0.107. The molecule has 4 aromatic rings. The fourth-order valence-electron chi connectivity index (χ4n) is 3.99. The summed E-state index contributed by atoms with van der Waals surface area (Å²) in [5.74, 6) is -0.855. The quantitative estimate of drug-likeness (QED) is 0.344. The van der Waals surface area contributed by atoms with Gasteiger partial charge in [0.2, 0.25) is 0 Å². The van der Waals surface area contributed by atoms with Gasteiger partial charge in [0.15, 0.2) is 17.0 Å². The first-order valence-electron chi connectivity index (χ1n) is 10.7. The molecule has 1 amide bonds. The Kier molecular flexibility index (Phi) is 6.24. The maximum absolute atomic E-state index is 13.8. The van der Waals surface area contributed by atoms with E-state index >= 15 is 0 Å². The predicted molar refractivity (Wildman–Crippen MR) is 124 cm³/mol. The van der Waals surface area contributed by atoms with Crippen LogP contribution in [0.4, 0.5) is 17.6 Å². The second-order valence-electron chi connectivity index (χ2n) is 8.09. The molecule has 0 radical (unpaired) electrons. The number of nitrogens with zero attached hydrogens (tertiary/aromatic N) is 5. The average molecular weight is 524 g/mol. The lowest BCUT2D eigenvalue weighted by molar-refractivity contribution is -0.142. The van der Waals surface area contributed by atoms with Crippen molar-refractivity contribution in [3.8, 4) is 10.6 Å². The van der Waals surface area contributed by atoms with Crippen molar-refractivity contribution in [2.24, 2.45) is 0 Å². The van der Waals surface area contributed by atoms with E-state index in [2.05, 4.69) is 15.0 Å². The van der Waals surface area contributed by atoms with E-state index in [-0.39, 0.29) is 27.9 Å². The Labute approximate surface area is 206 Å². The molecule has 12 heteroatoms. The Morgan fingerprint density at radius 3 is 2.43 bits per heavy atom. The Bertz CT molecular complexity index is 1360. The van der Waals surface area contributed by atoms with E-state index in [0.717, 1.165) is 11.6 Å². The second-order valence-corrected chi connectivity index (χ2v) is 9.42. The first kappa shape index (κ1) is 23.7. The van der Waals surface area contributed by atoms with Crippen molar-refractivity contribution >= 4 is 34.5 Å². The van der Waals surface area contributed by atoms with Gasteiger partial charge in [-0.15, -0.1) is 11.3 Å². The van der Waals surface area contributed by atoms with Crippen molar-refractivity contribution in [3.63, 3.8) is 0 Å². The van der Waals surface area contributed by atoms with E-state index in [1.165, 1.54) is 28.4 Å². The second kappa shape index (κ2) is 9.21. The zero-order chi connectivity index (χ0) is 24.7. The summed E-state index contributed by atoms with van der Waals surface area (Å²) in [4.78, 5) is 21.6. The highest BCUT2D eigenvalue weighted by atomic mass is 35.5. The van der Waals surface area contributed by atoms with E-state index in [4.69, 9.17) is 11.6 Å². The number of hydrogen-bond acceptors (Lipinski definition) is 5. The molecule has 1 aliphatic heterocycles. The van der Waals surface area contributed by atoms with Gasteiger partial charge in [0, 0.05) is 32.7 Å². The lowest BCUT2D eigenvalue weighted by Gasteiger charge is -2.34. The number of thiophene rings is 1. The summed E-state index contributed by atoms with van der Waals surface area (Å²) in [7, 11) is 0. The number of amides is 1. The SMILES string of the molecule is O=C(c1nn2c(C(F)(F)F)cc(-c3cccs3)nc2c1Cl)N1CCN(Cc2ccc(F)cc2)CC1. The van der Waals surface area contributed by atoms with Crippen LogP contribution in [0.3, 0.4) is 0 Å². The number of hydrogen-bond donors (Lipinski definition) is 0. The molecule has 182 valence electrons. The number of alkyl halides is 3. The number of halogens is 5. The van der Waals surface area contributed by atoms with Gasteiger partial charge in [-0.05, 0) is 35.2 Å². The number of piperazine rings is 1. The van der Waals surface area contributed by atoms with Crippen LogP contribution < -0.4 is 0 Å². The van der Waals surface area contributed by atoms with Crippen LogP contribution >= 0.6 is 22.9 Å². The summed E-state index contributed by atoms with van der Waals surface area (Å²) >= 11 is 7.62. The molecule has 0 spiro atoms. The Hall–Kier alpha value is -3.02. The standard InChI is InChI=1S/C23H18ClF4N5OS/c24-19-20(22(34)32-9-7-31(8-10-32)13-14-3-5-15(25)6-4-14)30-33-18(23(26,27)28)12-16(29-21(19)33)17-2-1-11-35-17/h1-6,11-12H,7-10,13H2. The minimum atomic E-state index is -4.73. The van der Waals surface area contributed by atoms with Crippen LogP contribution in [-0.2, 0) is 12.7 Å². The van der Waals surface area contributed by atoms with E-state index in [1.807, 2.05) is 0 Å².